The SMILES string of the molecule is O=C(O)c1cccn1CC1CSCCS1. The molecule has 1 aliphatic rings. The number of carbonyl (C=O) groups is 1. The zero-order chi connectivity index (χ0) is 10.7. The molecule has 3 nitrogen and oxygen atoms in total. The summed E-state index contributed by atoms with van der Waals surface area (Å²) < 4.78 is 1.84. The van der Waals surface area contributed by atoms with Crippen LogP contribution in [0.3, 0.4) is 0 Å². The maximum atomic E-state index is 10.9. The normalized spacial score (nSPS) is 21.5. The van der Waals surface area contributed by atoms with Crippen LogP contribution in [-0.2, 0) is 6.54 Å². The molecular weight excluding hydrogens is 230 g/mol. The summed E-state index contributed by atoms with van der Waals surface area (Å²) in [5, 5.41) is 9.50. The van der Waals surface area contributed by atoms with Crippen molar-refractivity contribution in [3.8, 4) is 0 Å². The number of carboxylic acids is 1. The van der Waals surface area contributed by atoms with Crippen molar-refractivity contribution >= 4 is 29.5 Å². The predicted octanol–water partition coefficient (Wildman–Crippen LogP) is 2.03. The predicted molar refractivity (Wildman–Crippen MR) is 65.0 cm³/mol. The molecule has 1 aromatic heterocycles. The van der Waals surface area contributed by atoms with Crippen molar-refractivity contribution in [3.05, 3.63) is 24.0 Å². The molecule has 0 spiro atoms. The van der Waals surface area contributed by atoms with Gasteiger partial charge in [-0.2, -0.15) is 23.5 Å². The van der Waals surface area contributed by atoms with Crippen LogP contribution in [0.25, 0.3) is 0 Å². The molecule has 1 atom stereocenters. The zero-order valence-corrected chi connectivity index (χ0v) is 9.89. The molecule has 0 bridgehead atoms. The molecule has 82 valence electrons. The summed E-state index contributed by atoms with van der Waals surface area (Å²) in [6.07, 6.45) is 1.85. The number of rotatable bonds is 3. The van der Waals surface area contributed by atoms with E-state index in [1.165, 1.54) is 11.5 Å². The van der Waals surface area contributed by atoms with Gasteiger partial charge in [-0.05, 0) is 12.1 Å². The maximum absolute atomic E-state index is 10.9. The second kappa shape index (κ2) is 4.99. The summed E-state index contributed by atoms with van der Waals surface area (Å²) in [6, 6.07) is 3.45. The van der Waals surface area contributed by atoms with Gasteiger partial charge in [0, 0.05) is 35.3 Å². The van der Waals surface area contributed by atoms with Crippen molar-refractivity contribution in [3.63, 3.8) is 0 Å². The van der Waals surface area contributed by atoms with Crippen LogP contribution in [0.5, 0.6) is 0 Å². The minimum absolute atomic E-state index is 0.395. The van der Waals surface area contributed by atoms with Crippen molar-refractivity contribution in [1.82, 2.24) is 4.57 Å². The second-order valence-electron chi connectivity index (χ2n) is 3.42. The Kier molecular flexibility index (Phi) is 3.64. The van der Waals surface area contributed by atoms with Crippen molar-refractivity contribution in [2.45, 2.75) is 11.8 Å². The van der Waals surface area contributed by atoms with E-state index < -0.39 is 5.97 Å². The van der Waals surface area contributed by atoms with Crippen LogP contribution >= 0.6 is 23.5 Å². The van der Waals surface area contributed by atoms with E-state index in [2.05, 4.69) is 0 Å². The van der Waals surface area contributed by atoms with Gasteiger partial charge in [0.1, 0.15) is 5.69 Å². The van der Waals surface area contributed by atoms with Crippen LogP contribution in [0.2, 0.25) is 0 Å². The van der Waals surface area contributed by atoms with E-state index in [0.29, 0.717) is 10.9 Å². The lowest BCUT2D eigenvalue weighted by atomic mass is 10.4. The number of aromatic nitrogens is 1. The molecular formula is C10H13NO2S2. The minimum atomic E-state index is -0.839. The maximum Gasteiger partial charge on any atom is 0.352 e. The lowest BCUT2D eigenvalue weighted by Crippen LogP contribution is -2.22. The Labute approximate surface area is 97.2 Å². The molecule has 1 N–H and O–H groups in total. The summed E-state index contributed by atoms with van der Waals surface area (Å²) >= 11 is 3.90. The van der Waals surface area contributed by atoms with Gasteiger partial charge in [0.15, 0.2) is 0 Å². The number of nitrogens with zero attached hydrogens (tertiary/aromatic N) is 1. The van der Waals surface area contributed by atoms with Gasteiger partial charge < -0.3 is 9.67 Å². The van der Waals surface area contributed by atoms with Crippen LogP contribution < -0.4 is 0 Å². The molecule has 5 heteroatoms. The first-order chi connectivity index (χ1) is 7.27. The lowest BCUT2D eigenvalue weighted by molar-refractivity contribution is 0.0685. The highest BCUT2D eigenvalue weighted by Crippen LogP contribution is 2.25. The summed E-state index contributed by atoms with van der Waals surface area (Å²) in [6.45, 7) is 0.812. The van der Waals surface area contributed by atoms with Gasteiger partial charge in [-0.3, -0.25) is 0 Å². The molecule has 0 radical (unpaired) electrons. The fourth-order valence-electron chi connectivity index (χ4n) is 1.63. The first kappa shape index (κ1) is 11.0. The fraction of sp³-hybridized carbons (Fsp3) is 0.500. The molecule has 1 saturated heterocycles. The van der Waals surface area contributed by atoms with E-state index in [1.807, 2.05) is 34.3 Å². The van der Waals surface area contributed by atoms with Crippen LogP contribution in [0.1, 0.15) is 10.5 Å². The van der Waals surface area contributed by atoms with Crippen LogP contribution in [-0.4, -0.2) is 38.2 Å². The number of aromatic carboxylic acids is 1. The molecule has 1 aliphatic heterocycles. The molecule has 1 unspecified atom stereocenters. The van der Waals surface area contributed by atoms with Gasteiger partial charge in [-0.1, -0.05) is 0 Å². The van der Waals surface area contributed by atoms with E-state index in [1.54, 1.807) is 12.1 Å². The Balaban J connectivity index is 2.03. The van der Waals surface area contributed by atoms with Gasteiger partial charge in [0.05, 0.1) is 0 Å². The Bertz CT molecular complexity index is 345. The molecule has 2 heterocycles. The lowest BCUT2D eigenvalue weighted by Gasteiger charge is -2.21. The third-order valence-corrected chi connectivity index (χ3v) is 5.16. The summed E-state index contributed by atoms with van der Waals surface area (Å²) in [5.41, 5.74) is 0.395. The number of thioether (sulfide) groups is 2. The van der Waals surface area contributed by atoms with Crippen LogP contribution in [0, 0.1) is 0 Å². The molecule has 0 amide bonds. The highest BCUT2D eigenvalue weighted by atomic mass is 32.2. The van der Waals surface area contributed by atoms with Crippen molar-refractivity contribution < 1.29 is 9.90 Å². The molecule has 1 fully saturated rings. The van der Waals surface area contributed by atoms with E-state index in [-0.39, 0.29) is 0 Å². The van der Waals surface area contributed by atoms with Gasteiger partial charge in [0.2, 0.25) is 0 Å². The number of hydrogen-bond acceptors (Lipinski definition) is 3. The van der Waals surface area contributed by atoms with Crippen LogP contribution in [0.15, 0.2) is 18.3 Å². The summed E-state index contributed by atoms with van der Waals surface area (Å²) in [4.78, 5) is 10.9. The Hall–Kier alpha value is -0.550. The monoisotopic (exact) mass is 243 g/mol. The van der Waals surface area contributed by atoms with Crippen LogP contribution in [0.4, 0.5) is 0 Å². The number of hydrogen-bond donors (Lipinski definition) is 1. The third kappa shape index (κ3) is 2.72. The topological polar surface area (TPSA) is 42.2 Å². The standard InChI is InChI=1S/C10H13NO2S2/c12-10(13)9-2-1-3-11(9)6-8-7-14-4-5-15-8/h1-3,8H,4-7H2,(H,12,13). The molecule has 0 aliphatic carbocycles. The van der Waals surface area contributed by atoms with E-state index in [9.17, 15) is 4.79 Å². The zero-order valence-electron chi connectivity index (χ0n) is 8.26. The second-order valence-corrected chi connectivity index (χ2v) is 5.98. The van der Waals surface area contributed by atoms with Crippen molar-refractivity contribution in [2.24, 2.45) is 0 Å². The molecule has 1 aromatic rings. The molecule has 0 saturated carbocycles. The van der Waals surface area contributed by atoms with E-state index in [0.717, 1.165) is 12.3 Å². The third-order valence-electron chi connectivity index (χ3n) is 2.33. The first-order valence-electron chi connectivity index (χ1n) is 4.85. The largest absolute Gasteiger partial charge is 0.477 e. The Morgan fingerprint density at radius 3 is 3.13 bits per heavy atom. The highest BCUT2D eigenvalue weighted by Gasteiger charge is 2.17. The number of carboxylic acid groups (broad SMARTS) is 1. The molecule has 0 aromatic carbocycles. The average Bonchev–Trinajstić information content (AvgIpc) is 2.67. The van der Waals surface area contributed by atoms with Gasteiger partial charge in [-0.15, -0.1) is 0 Å². The van der Waals surface area contributed by atoms with Crippen molar-refractivity contribution in [1.29, 1.82) is 0 Å². The van der Waals surface area contributed by atoms with E-state index >= 15 is 0 Å². The molecule has 15 heavy (non-hydrogen) atoms. The van der Waals surface area contributed by atoms with Gasteiger partial charge in [-0.25, -0.2) is 4.79 Å². The minimum Gasteiger partial charge on any atom is -0.477 e. The van der Waals surface area contributed by atoms with Crippen molar-refractivity contribution in [2.75, 3.05) is 17.3 Å². The van der Waals surface area contributed by atoms with Gasteiger partial charge >= 0.3 is 5.97 Å². The Morgan fingerprint density at radius 2 is 2.47 bits per heavy atom. The molecule has 2 rings (SSSR count). The highest BCUT2D eigenvalue weighted by molar-refractivity contribution is 8.06. The summed E-state index contributed by atoms with van der Waals surface area (Å²) in [7, 11) is 0. The fourth-order valence-corrected chi connectivity index (χ4v) is 4.29. The summed E-state index contributed by atoms with van der Waals surface area (Å²) in [5.74, 6) is 2.69. The Morgan fingerprint density at radius 1 is 1.60 bits per heavy atom. The first-order valence-corrected chi connectivity index (χ1v) is 7.05. The average molecular weight is 243 g/mol. The quantitative estimate of drug-likeness (QED) is 0.882. The van der Waals surface area contributed by atoms with E-state index in [4.69, 9.17) is 5.11 Å². The smallest absolute Gasteiger partial charge is 0.352 e. The van der Waals surface area contributed by atoms with Gasteiger partial charge in [0.25, 0.3) is 0 Å².